The summed E-state index contributed by atoms with van der Waals surface area (Å²) in [5.74, 6) is -0.727. The first kappa shape index (κ1) is 31.2. The average molecular weight is 607 g/mol. The van der Waals surface area contributed by atoms with Crippen LogP contribution in [0.15, 0.2) is 36.4 Å². The Morgan fingerprint density at radius 1 is 1.00 bits per heavy atom. The van der Waals surface area contributed by atoms with Gasteiger partial charge in [0.2, 0.25) is 5.91 Å². The van der Waals surface area contributed by atoms with E-state index in [4.69, 9.17) is 9.72 Å². The van der Waals surface area contributed by atoms with Gasteiger partial charge in [-0.15, -0.1) is 0 Å². The molecule has 3 aliphatic rings. The van der Waals surface area contributed by atoms with Crippen molar-refractivity contribution in [2.75, 3.05) is 50.8 Å². The Kier molecular flexibility index (Phi) is 9.07. The van der Waals surface area contributed by atoms with E-state index in [1.54, 1.807) is 15.9 Å². The molecule has 3 fully saturated rings. The van der Waals surface area contributed by atoms with E-state index in [0.717, 1.165) is 18.4 Å². The number of ether oxygens (including phenoxy) is 1. The molecule has 1 aromatic heterocycles. The zero-order valence-corrected chi connectivity index (χ0v) is 25.9. The number of amides is 3. The van der Waals surface area contributed by atoms with Crippen LogP contribution in [0, 0.1) is 23.2 Å². The quantitative estimate of drug-likeness (QED) is 0.411. The summed E-state index contributed by atoms with van der Waals surface area (Å²) in [6, 6.07) is 10.1. The molecule has 12 heteroatoms. The molecule has 0 radical (unpaired) electrons. The molecule has 2 aromatic rings. The second kappa shape index (κ2) is 12.8. The fraction of sp³-hybridized carbons (Fsp3) is 0.562. The van der Waals surface area contributed by atoms with Gasteiger partial charge in [-0.05, 0) is 23.7 Å². The highest BCUT2D eigenvalue weighted by molar-refractivity contribution is 5.97. The number of aromatic nitrogens is 2. The molecular weight excluding hydrogens is 564 g/mol. The molecule has 1 aromatic carbocycles. The molecule has 236 valence electrons. The van der Waals surface area contributed by atoms with Crippen molar-refractivity contribution in [3.63, 3.8) is 0 Å². The van der Waals surface area contributed by atoms with E-state index in [9.17, 15) is 24.3 Å². The molecule has 0 bridgehead atoms. The van der Waals surface area contributed by atoms with Crippen LogP contribution < -0.4 is 10.2 Å². The summed E-state index contributed by atoms with van der Waals surface area (Å²) in [7, 11) is 0. The number of nitrogens with zero attached hydrogens (tertiary/aromatic N) is 5. The predicted octanol–water partition coefficient (Wildman–Crippen LogP) is 3.14. The fourth-order valence-corrected chi connectivity index (χ4v) is 6.05. The summed E-state index contributed by atoms with van der Waals surface area (Å²) >= 11 is 0. The maximum atomic E-state index is 13.8. The number of carboxylic acids is 1. The van der Waals surface area contributed by atoms with Crippen LogP contribution in [0.5, 0.6) is 0 Å². The summed E-state index contributed by atoms with van der Waals surface area (Å²) < 4.78 is 5.32. The number of carboxylic acid groups (broad SMARTS) is 1. The van der Waals surface area contributed by atoms with Gasteiger partial charge in [0.1, 0.15) is 17.6 Å². The van der Waals surface area contributed by atoms with Crippen molar-refractivity contribution in [2.45, 2.75) is 46.6 Å². The van der Waals surface area contributed by atoms with E-state index in [-0.39, 0.29) is 35.4 Å². The second-order valence-corrected chi connectivity index (χ2v) is 13.0. The van der Waals surface area contributed by atoms with E-state index in [2.05, 4.69) is 10.3 Å². The number of carbonyl (C=O) groups excluding carboxylic acids is 3. The third kappa shape index (κ3) is 6.79. The van der Waals surface area contributed by atoms with Gasteiger partial charge in [-0.25, -0.2) is 14.8 Å². The molecule has 4 atom stereocenters. The second-order valence-electron chi connectivity index (χ2n) is 13.0. The topological polar surface area (TPSA) is 145 Å². The van der Waals surface area contributed by atoms with E-state index >= 15 is 0 Å². The van der Waals surface area contributed by atoms with Gasteiger partial charge in [-0.3, -0.25) is 14.4 Å². The molecular formula is C32H42N6O6. The first-order valence-electron chi connectivity index (χ1n) is 15.4. The van der Waals surface area contributed by atoms with Crippen LogP contribution in [-0.4, -0.2) is 101 Å². The molecule has 0 spiro atoms. The Hall–Kier alpha value is -4.22. The largest absolute Gasteiger partial charge is 0.481 e. The van der Waals surface area contributed by atoms with Crippen LogP contribution in [0.25, 0.3) is 11.4 Å². The van der Waals surface area contributed by atoms with Crippen molar-refractivity contribution in [1.82, 2.24) is 25.1 Å². The number of piperazine rings is 1. The number of carbonyl (C=O) groups is 4. The minimum Gasteiger partial charge on any atom is -0.481 e. The number of hydrogen-bond acceptors (Lipinski definition) is 8. The molecule has 12 nitrogen and oxygen atoms in total. The Balaban J connectivity index is 1.31. The Morgan fingerprint density at radius 3 is 2.23 bits per heavy atom. The molecule has 5 rings (SSSR count). The van der Waals surface area contributed by atoms with Crippen molar-refractivity contribution in [1.29, 1.82) is 0 Å². The van der Waals surface area contributed by atoms with Crippen LogP contribution in [0.4, 0.5) is 10.6 Å². The highest BCUT2D eigenvalue weighted by Gasteiger charge is 2.60. The fourth-order valence-electron chi connectivity index (χ4n) is 6.05. The SMILES string of the molecule is CCCCOC(=O)N1CCN(C(=O)[C@@H](NC(=O)c2cc(N3C[C@@H]4[C@H](C3)[C@@H]4C(=O)O)nc(-c3ccccc3)n2)C(C)(C)C)CC1. The summed E-state index contributed by atoms with van der Waals surface area (Å²) in [6.45, 7) is 10.6. The summed E-state index contributed by atoms with van der Waals surface area (Å²) in [5.41, 5.74) is 0.264. The number of anilines is 1. The van der Waals surface area contributed by atoms with Crippen LogP contribution in [0.2, 0.25) is 0 Å². The molecule has 0 unspecified atom stereocenters. The number of benzene rings is 1. The predicted molar refractivity (Wildman–Crippen MR) is 163 cm³/mol. The van der Waals surface area contributed by atoms with E-state index in [1.165, 1.54) is 0 Å². The van der Waals surface area contributed by atoms with Gasteiger partial charge in [-0.2, -0.15) is 0 Å². The lowest BCUT2D eigenvalue weighted by atomic mass is 9.85. The number of unbranched alkanes of at least 4 members (excludes halogenated alkanes) is 1. The maximum absolute atomic E-state index is 13.8. The smallest absolute Gasteiger partial charge is 0.409 e. The molecule has 44 heavy (non-hydrogen) atoms. The maximum Gasteiger partial charge on any atom is 0.409 e. The lowest BCUT2D eigenvalue weighted by Gasteiger charge is -2.39. The van der Waals surface area contributed by atoms with Gasteiger partial charge in [0.05, 0.1) is 12.5 Å². The average Bonchev–Trinajstić information content (AvgIpc) is 3.53. The van der Waals surface area contributed by atoms with Crippen LogP contribution in [0.1, 0.15) is 51.0 Å². The van der Waals surface area contributed by atoms with Crippen molar-refractivity contribution >= 4 is 29.7 Å². The van der Waals surface area contributed by atoms with E-state index in [0.29, 0.717) is 57.5 Å². The number of piperidine rings is 1. The number of aliphatic carboxylic acids is 1. The molecule has 3 heterocycles. The number of rotatable bonds is 9. The third-order valence-corrected chi connectivity index (χ3v) is 8.74. The summed E-state index contributed by atoms with van der Waals surface area (Å²) in [5, 5.41) is 12.4. The van der Waals surface area contributed by atoms with Crippen LogP contribution in [0.3, 0.4) is 0 Å². The Labute approximate surface area is 257 Å². The van der Waals surface area contributed by atoms with E-state index in [1.807, 2.05) is 62.9 Å². The van der Waals surface area contributed by atoms with Crippen molar-refractivity contribution < 1.29 is 29.0 Å². The van der Waals surface area contributed by atoms with Gasteiger partial charge in [0.25, 0.3) is 5.91 Å². The standard InChI is InChI=1S/C32H42N6O6/c1-5-6-16-44-31(43)37-14-12-36(13-15-37)29(40)26(32(2,3)4)35-28(39)23-17-24(34-27(33-23)20-10-8-7-9-11-20)38-18-21-22(19-38)25(21)30(41)42/h7-11,17,21-22,25-26H,5-6,12-16,18-19H2,1-4H3,(H,35,39)(H,41,42)/t21-,22+,25-,26-/m1/s1. The highest BCUT2D eigenvalue weighted by atomic mass is 16.6. The molecule has 2 aliphatic heterocycles. The van der Waals surface area contributed by atoms with Gasteiger partial charge in [0, 0.05) is 50.9 Å². The normalized spacial score (nSPS) is 21.8. The number of nitrogens with one attached hydrogen (secondary N) is 1. The first-order chi connectivity index (χ1) is 21.0. The van der Waals surface area contributed by atoms with Gasteiger partial charge >= 0.3 is 12.1 Å². The highest BCUT2D eigenvalue weighted by Crippen LogP contribution is 2.52. The lowest BCUT2D eigenvalue weighted by molar-refractivity contribution is -0.139. The molecule has 3 amide bonds. The van der Waals surface area contributed by atoms with Crippen LogP contribution >= 0.6 is 0 Å². The minimum atomic E-state index is -0.840. The van der Waals surface area contributed by atoms with Crippen molar-refractivity contribution in [2.24, 2.45) is 23.2 Å². The summed E-state index contributed by atoms with van der Waals surface area (Å²) in [6.07, 6.45) is 1.38. The van der Waals surface area contributed by atoms with Crippen molar-refractivity contribution in [3.05, 3.63) is 42.1 Å². The molecule has 1 aliphatic carbocycles. The third-order valence-electron chi connectivity index (χ3n) is 8.74. The first-order valence-corrected chi connectivity index (χ1v) is 15.4. The summed E-state index contributed by atoms with van der Waals surface area (Å²) in [4.78, 5) is 66.1. The lowest BCUT2D eigenvalue weighted by Crippen LogP contribution is -2.59. The zero-order chi connectivity index (χ0) is 31.6. The van der Waals surface area contributed by atoms with Gasteiger partial charge < -0.3 is 29.9 Å². The molecule has 1 saturated carbocycles. The minimum absolute atomic E-state index is 0.0708. The van der Waals surface area contributed by atoms with Crippen LogP contribution in [-0.2, 0) is 14.3 Å². The van der Waals surface area contributed by atoms with Gasteiger partial charge in [0.15, 0.2) is 5.82 Å². The Morgan fingerprint density at radius 2 is 1.64 bits per heavy atom. The molecule has 2 N–H and O–H groups in total. The zero-order valence-electron chi connectivity index (χ0n) is 25.9. The monoisotopic (exact) mass is 606 g/mol. The number of fused-ring (bicyclic) bond motifs is 1. The van der Waals surface area contributed by atoms with Gasteiger partial charge in [-0.1, -0.05) is 64.4 Å². The molecule has 2 saturated heterocycles. The van der Waals surface area contributed by atoms with E-state index < -0.39 is 23.3 Å². The Bertz CT molecular complexity index is 1380. The number of hydrogen-bond donors (Lipinski definition) is 2. The van der Waals surface area contributed by atoms with Crippen molar-refractivity contribution in [3.8, 4) is 11.4 Å².